The van der Waals surface area contributed by atoms with Crippen molar-refractivity contribution < 1.29 is 31.1 Å². The highest BCUT2D eigenvalue weighted by molar-refractivity contribution is 7.09. The smallest absolute Gasteiger partial charge is 0.225 e. The molecule has 0 saturated heterocycles. The molecule has 45 heavy (non-hydrogen) atoms. The zero-order valence-corrected chi connectivity index (χ0v) is 31.4. The molecule has 0 N–H and O–H groups in total. The summed E-state index contributed by atoms with van der Waals surface area (Å²) >= 11 is 1.76. The summed E-state index contributed by atoms with van der Waals surface area (Å²) < 4.78 is 8.62. The maximum Gasteiger partial charge on any atom is 0.225 e. The third-order valence-electron chi connectivity index (χ3n) is 8.45. The van der Waals surface area contributed by atoms with Crippen LogP contribution >= 0.6 is 11.3 Å². The van der Waals surface area contributed by atoms with Crippen molar-refractivity contribution in [1.82, 2.24) is 0 Å². The standard InChI is InChI=1S/C39H59N2O2S.BrH/c1-7-8-9-10-11-12-13-14-15-16-17-18-27-43-38-28-34(21-24-37(38)39(4,5)6)25-26-41(33(3)42)36-22-19-35(20-23-36)30-40-29-32(2)44-31-40;/h19-24,28-29,31H,7-18,25-27,30H2,1-6H3;1H/q+1;/p-1. The van der Waals surface area contributed by atoms with Crippen LogP contribution in [-0.2, 0) is 23.2 Å². The number of amides is 1. The van der Waals surface area contributed by atoms with Crippen molar-refractivity contribution in [3.05, 3.63) is 75.7 Å². The summed E-state index contributed by atoms with van der Waals surface area (Å²) in [6.45, 7) is 15.1. The fraction of sp³-hybridized carbons (Fsp3) is 0.590. The highest BCUT2D eigenvalue weighted by Crippen LogP contribution is 2.33. The number of carbonyl (C=O) groups excluding carboxylic acids is 1. The monoisotopic (exact) mass is 698 g/mol. The molecule has 0 aliphatic carbocycles. The number of carbonyl (C=O) groups is 1. The Morgan fingerprint density at radius 2 is 1.42 bits per heavy atom. The van der Waals surface area contributed by atoms with E-state index in [-0.39, 0.29) is 28.3 Å². The highest BCUT2D eigenvalue weighted by atomic mass is 79.9. The number of unbranched alkanes of at least 4 members (excludes halogenated alkanes) is 11. The van der Waals surface area contributed by atoms with Gasteiger partial charge in [0.2, 0.25) is 11.4 Å². The fourth-order valence-corrected chi connectivity index (χ4v) is 6.45. The molecule has 0 aliphatic rings. The molecule has 6 heteroatoms. The number of thiazole rings is 1. The summed E-state index contributed by atoms with van der Waals surface area (Å²) in [6.07, 6.45) is 19.1. The molecule has 0 atom stereocenters. The first-order chi connectivity index (χ1) is 21.2. The lowest BCUT2D eigenvalue weighted by Crippen LogP contribution is -3.00. The van der Waals surface area contributed by atoms with Crippen molar-refractivity contribution in [3.8, 4) is 5.75 Å². The molecule has 0 bridgehead atoms. The number of rotatable bonds is 20. The van der Waals surface area contributed by atoms with Crippen LogP contribution in [0.5, 0.6) is 5.75 Å². The highest BCUT2D eigenvalue weighted by Gasteiger charge is 2.20. The van der Waals surface area contributed by atoms with E-state index in [1.807, 2.05) is 4.90 Å². The van der Waals surface area contributed by atoms with Crippen LogP contribution in [0.1, 0.15) is 133 Å². The number of ether oxygens (including phenoxy) is 1. The van der Waals surface area contributed by atoms with Crippen LogP contribution in [0.4, 0.5) is 5.69 Å². The molecule has 0 saturated carbocycles. The van der Waals surface area contributed by atoms with Crippen LogP contribution in [0, 0.1) is 6.92 Å². The lowest BCUT2D eigenvalue weighted by Gasteiger charge is -2.25. The summed E-state index contributed by atoms with van der Waals surface area (Å²) in [5, 5.41) is 0. The first-order valence-electron chi connectivity index (χ1n) is 17.2. The SMILES string of the molecule is CCCCCCCCCCCCCCOc1cc(CCN(C(C)=O)c2ccc(C[n+]3csc(C)c3)cc2)ccc1C(C)(C)C.[Br-]. The van der Waals surface area contributed by atoms with E-state index >= 15 is 0 Å². The number of benzene rings is 2. The van der Waals surface area contributed by atoms with Crippen LogP contribution in [0.2, 0.25) is 0 Å². The van der Waals surface area contributed by atoms with Crippen molar-refractivity contribution in [1.29, 1.82) is 0 Å². The predicted octanol–water partition coefficient (Wildman–Crippen LogP) is 7.37. The van der Waals surface area contributed by atoms with E-state index in [1.165, 1.54) is 92.2 Å². The molecule has 1 heterocycles. The van der Waals surface area contributed by atoms with E-state index in [0.717, 1.165) is 37.4 Å². The lowest BCUT2D eigenvalue weighted by atomic mass is 9.85. The Labute approximate surface area is 289 Å². The molecular weight excluding hydrogens is 640 g/mol. The second-order valence-corrected chi connectivity index (χ2v) is 14.6. The van der Waals surface area contributed by atoms with Crippen LogP contribution in [0.25, 0.3) is 0 Å². The predicted molar refractivity (Wildman–Crippen MR) is 188 cm³/mol. The number of hydrogen-bond donors (Lipinski definition) is 0. The van der Waals surface area contributed by atoms with E-state index in [0.29, 0.717) is 6.54 Å². The Balaban J connectivity index is 0.00000705. The third-order valence-corrected chi connectivity index (χ3v) is 9.30. The van der Waals surface area contributed by atoms with Crippen molar-refractivity contribution in [2.24, 2.45) is 0 Å². The Bertz CT molecular complexity index is 1250. The van der Waals surface area contributed by atoms with Gasteiger partial charge < -0.3 is 26.6 Å². The maximum atomic E-state index is 12.6. The molecule has 0 unspecified atom stereocenters. The Hall–Kier alpha value is -2.18. The largest absolute Gasteiger partial charge is 1.00 e. The van der Waals surface area contributed by atoms with Gasteiger partial charge in [-0.1, -0.05) is 134 Å². The second-order valence-electron chi connectivity index (χ2n) is 13.5. The molecular formula is C39H59BrN2O2S. The van der Waals surface area contributed by atoms with E-state index in [9.17, 15) is 4.79 Å². The Kier molecular flexibility index (Phi) is 18.1. The van der Waals surface area contributed by atoms with Gasteiger partial charge in [-0.3, -0.25) is 4.79 Å². The maximum absolute atomic E-state index is 12.6. The van der Waals surface area contributed by atoms with Crippen molar-refractivity contribution in [2.75, 3.05) is 18.1 Å². The molecule has 0 radical (unpaired) electrons. The van der Waals surface area contributed by atoms with E-state index in [4.69, 9.17) is 4.74 Å². The number of nitrogens with zero attached hydrogens (tertiary/aromatic N) is 2. The number of aryl methyl sites for hydroxylation is 1. The quantitative estimate of drug-likeness (QED) is 0.0913. The minimum Gasteiger partial charge on any atom is -1.00 e. The normalized spacial score (nSPS) is 11.3. The van der Waals surface area contributed by atoms with Gasteiger partial charge in [-0.2, -0.15) is 4.57 Å². The molecule has 0 aliphatic heterocycles. The number of aromatic nitrogens is 1. The second kappa shape index (κ2) is 20.8. The van der Waals surface area contributed by atoms with Gasteiger partial charge in [-0.15, -0.1) is 0 Å². The van der Waals surface area contributed by atoms with Crippen LogP contribution < -0.4 is 31.2 Å². The van der Waals surface area contributed by atoms with Crippen molar-refractivity contribution >= 4 is 22.9 Å². The summed E-state index contributed by atoms with van der Waals surface area (Å²) in [5.74, 6) is 1.06. The van der Waals surface area contributed by atoms with Gasteiger partial charge in [0, 0.05) is 24.7 Å². The number of hydrogen-bond acceptors (Lipinski definition) is 3. The van der Waals surface area contributed by atoms with Gasteiger partial charge in [0.25, 0.3) is 0 Å². The molecule has 250 valence electrons. The van der Waals surface area contributed by atoms with Crippen LogP contribution in [0.3, 0.4) is 0 Å². The van der Waals surface area contributed by atoms with Gasteiger partial charge in [0.15, 0.2) is 12.7 Å². The molecule has 0 spiro atoms. The van der Waals surface area contributed by atoms with E-state index < -0.39 is 0 Å². The van der Waals surface area contributed by atoms with E-state index in [2.05, 4.69) is 93.4 Å². The topological polar surface area (TPSA) is 33.4 Å². The van der Waals surface area contributed by atoms with E-state index in [1.54, 1.807) is 18.3 Å². The van der Waals surface area contributed by atoms with Gasteiger partial charge in [-0.05, 0) is 54.5 Å². The summed E-state index contributed by atoms with van der Waals surface area (Å²) in [4.78, 5) is 15.8. The molecule has 1 aromatic heterocycles. The number of halogens is 1. The summed E-state index contributed by atoms with van der Waals surface area (Å²) in [5.41, 5.74) is 6.78. The Morgan fingerprint density at radius 3 is 1.96 bits per heavy atom. The van der Waals surface area contributed by atoms with Gasteiger partial charge >= 0.3 is 0 Å². The molecule has 2 aromatic carbocycles. The molecule has 1 amide bonds. The fourth-order valence-electron chi connectivity index (χ4n) is 5.82. The average molecular weight is 700 g/mol. The minimum atomic E-state index is 0. The third kappa shape index (κ3) is 14.4. The Morgan fingerprint density at radius 1 is 0.844 bits per heavy atom. The zero-order chi connectivity index (χ0) is 31.8. The summed E-state index contributed by atoms with van der Waals surface area (Å²) in [7, 11) is 0. The molecule has 3 aromatic rings. The molecule has 3 rings (SSSR count). The minimum absolute atomic E-state index is 0. The van der Waals surface area contributed by atoms with Gasteiger partial charge in [0.05, 0.1) is 11.5 Å². The summed E-state index contributed by atoms with van der Waals surface area (Å²) in [6, 6.07) is 15.0. The first-order valence-corrected chi connectivity index (χ1v) is 18.1. The van der Waals surface area contributed by atoms with Crippen molar-refractivity contribution in [3.63, 3.8) is 0 Å². The first kappa shape index (κ1) is 39.0. The average Bonchev–Trinajstić information content (AvgIpc) is 3.40. The van der Waals surface area contributed by atoms with Crippen LogP contribution in [-0.4, -0.2) is 19.1 Å². The number of anilines is 1. The molecule has 0 fully saturated rings. The zero-order valence-electron chi connectivity index (χ0n) is 29.0. The van der Waals surface area contributed by atoms with Crippen molar-refractivity contribution in [2.45, 2.75) is 137 Å². The van der Waals surface area contributed by atoms with Crippen LogP contribution in [0.15, 0.2) is 54.2 Å². The van der Waals surface area contributed by atoms with Gasteiger partial charge in [-0.25, -0.2) is 0 Å². The molecule has 4 nitrogen and oxygen atoms in total. The van der Waals surface area contributed by atoms with Gasteiger partial charge in [0.1, 0.15) is 5.75 Å². The lowest BCUT2D eigenvalue weighted by molar-refractivity contribution is -0.683.